The number of benzene rings is 1. The zero-order valence-electron chi connectivity index (χ0n) is 6.21. The Labute approximate surface area is 70.7 Å². The van der Waals surface area contributed by atoms with Crippen molar-refractivity contribution in [3.8, 4) is 0 Å². The second kappa shape index (κ2) is 3.39. The molecule has 0 saturated carbocycles. The third-order valence-corrected chi connectivity index (χ3v) is 1.71. The Hall–Kier alpha value is -1.02. The first kappa shape index (κ1) is 8.08. The van der Waals surface area contributed by atoms with E-state index < -0.39 is 0 Å². The molecule has 1 aromatic carbocycles. The highest BCUT2D eigenvalue weighted by Crippen LogP contribution is 2.14. The molecule has 2 nitrogen and oxygen atoms in total. The molecule has 1 aromatic rings. The van der Waals surface area contributed by atoms with Crippen molar-refractivity contribution in [3.63, 3.8) is 0 Å². The van der Waals surface area contributed by atoms with Crippen molar-refractivity contribution < 1.29 is 0 Å². The highest BCUT2D eigenvalue weighted by atomic mass is 35.5. The predicted molar refractivity (Wildman–Crippen MR) is 48.0 cm³/mol. The van der Waals surface area contributed by atoms with Crippen LogP contribution in [0.4, 0.5) is 0 Å². The van der Waals surface area contributed by atoms with Crippen LogP contribution in [-0.4, -0.2) is 6.21 Å². The molecule has 0 amide bonds. The second-order valence-corrected chi connectivity index (χ2v) is 2.71. The van der Waals surface area contributed by atoms with E-state index >= 15 is 0 Å². The highest BCUT2D eigenvalue weighted by Gasteiger charge is 1.95. The Morgan fingerprint density at radius 3 is 2.91 bits per heavy atom. The Morgan fingerprint density at radius 1 is 1.55 bits per heavy atom. The maximum atomic E-state index is 5.83. The number of nitrogens with zero attached hydrogens (tertiary/aromatic N) is 1. The van der Waals surface area contributed by atoms with Crippen molar-refractivity contribution >= 4 is 17.8 Å². The molecule has 11 heavy (non-hydrogen) atoms. The van der Waals surface area contributed by atoms with Crippen LogP contribution in [0.25, 0.3) is 0 Å². The van der Waals surface area contributed by atoms with Crippen LogP contribution < -0.4 is 5.84 Å². The third-order valence-electron chi connectivity index (χ3n) is 1.37. The van der Waals surface area contributed by atoms with Crippen LogP contribution in [0, 0.1) is 6.92 Å². The average Bonchev–Trinajstić information content (AvgIpc) is 1.98. The van der Waals surface area contributed by atoms with Crippen LogP contribution in [0.3, 0.4) is 0 Å². The molecular formula is C8H9ClN2. The lowest BCUT2D eigenvalue weighted by molar-refractivity contribution is 1.26. The van der Waals surface area contributed by atoms with Gasteiger partial charge in [-0.25, -0.2) is 0 Å². The van der Waals surface area contributed by atoms with E-state index in [4.69, 9.17) is 17.4 Å². The molecule has 0 aliphatic heterocycles. The first-order valence-corrected chi connectivity index (χ1v) is 3.61. The van der Waals surface area contributed by atoms with Gasteiger partial charge < -0.3 is 5.84 Å². The summed E-state index contributed by atoms with van der Waals surface area (Å²) in [6.07, 6.45) is 1.54. The molecule has 0 aliphatic carbocycles. The number of nitrogens with two attached hydrogens (primary N) is 1. The number of hydrogen-bond acceptors (Lipinski definition) is 2. The topological polar surface area (TPSA) is 38.4 Å². The number of hydrogen-bond donors (Lipinski definition) is 1. The standard InChI is InChI=1S/C8H9ClN2/c1-6-2-3-8(9)7(4-6)5-11-10/h2-5H,10H2,1H3/b11-5+. The minimum Gasteiger partial charge on any atom is -0.323 e. The second-order valence-electron chi connectivity index (χ2n) is 2.30. The first-order valence-electron chi connectivity index (χ1n) is 3.23. The summed E-state index contributed by atoms with van der Waals surface area (Å²) in [6, 6.07) is 5.70. The summed E-state index contributed by atoms with van der Waals surface area (Å²) < 4.78 is 0. The van der Waals surface area contributed by atoms with Crippen molar-refractivity contribution in [2.45, 2.75) is 6.92 Å². The maximum Gasteiger partial charge on any atom is 0.0553 e. The number of aryl methyl sites for hydroxylation is 1. The van der Waals surface area contributed by atoms with Crippen molar-refractivity contribution in [3.05, 3.63) is 34.3 Å². The van der Waals surface area contributed by atoms with Crippen LogP contribution in [0.2, 0.25) is 5.02 Å². The van der Waals surface area contributed by atoms with Gasteiger partial charge in [0.1, 0.15) is 0 Å². The molecule has 2 N–H and O–H groups in total. The van der Waals surface area contributed by atoms with Gasteiger partial charge in [0.2, 0.25) is 0 Å². The van der Waals surface area contributed by atoms with Crippen molar-refractivity contribution in [1.82, 2.24) is 0 Å². The molecule has 0 heterocycles. The fourth-order valence-corrected chi connectivity index (χ4v) is 1.01. The van der Waals surface area contributed by atoms with Gasteiger partial charge in [-0.05, 0) is 19.1 Å². The SMILES string of the molecule is Cc1ccc(Cl)c(/C=N/N)c1. The molecular weight excluding hydrogens is 160 g/mol. The van der Waals surface area contributed by atoms with Crippen molar-refractivity contribution in [1.29, 1.82) is 0 Å². The Bertz CT molecular complexity index is 281. The molecule has 0 aliphatic rings. The van der Waals surface area contributed by atoms with Gasteiger partial charge in [-0.2, -0.15) is 5.10 Å². The van der Waals surface area contributed by atoms with E-state index in [1.165, 1.54) is 6.21 Å². The molecule has 3 heteroatoms. The largest absolute Gasteiger partial charge is 0.323 e. The van der Waals surface area contributed by atoms with E-state index in [1.54, 1.807) is 0 Å². The van der Waals surface area contributed by atoms with Crippen LogP contribution >= 0.6 is 11.6 Å². The van der Waals surface area contributed by atoms with Gasteiger partial charge in [0.15, 0.2) is 0 Å². The molecule has 58 valence electrons. The summed E-state index contributed by atoms with van der Waals surface area (Å²) in [5, 5.41) is 4.07. The minimum atomic E-state index is 0.671. The van der Waals surface area contributed by atoms with Crippen LogP contribution in [0.5, 0.6) is 0 Å². The smallest absolute Gasteiger partial charge is 0.0553 e. The van der Waals surface area contributed by atoms with E-state index in [0.717, 1.165) is 11.1 Å². The maximum absolute atomic E-state index is 5.83. The molecule has 1 rings (SSSR count). The predicted octanol–water partition coefficient (Wildman–Crippen LogP) is 1.94. The molecule has 0 spiro atoms. The first-order chi connectivity index (χ1) is 5.24. The summed E-state index contributed by atoms with van der Waals surface area (Å²) in [5.41, 5.74) is 2.00. The summed E-state index contributed by atoms with van der Waals surface area (Å²) in [4.78, 5) is 0. The van der Waals surface area contributed by atoms with Gasteiger partial charge in [-0.3, -0.25) is 0 Å². The van der Waals surface area contributed by atoms with Gasteiger partial charge in [0.25, 0.3) is 0 Å². The van der Waals surface area contributed by atoms with Gasteiger partial charge in [0.05, 0.1) is 6.21 Å². The molecule has 0 bridgehead atoms. The van der Waals surface area contributed by atoms with Crippen LogP contribution in [0.1, 0.15) is 11.1 Å². The van der Waals surface area contributed by atoms with Crippen LogP contribution in [0.15, 0.2) is 23.3 Å². The zero-order chi connectivity index (χ0) is 8.27. The zero-order valence-corrected chi connectivity index (χ0v) is 6.97. The molecule has 0 unspecified atom stereocenters. The normalized spacial score (nSPS) is 10.7. The summed E-state index contributed by atoms with van der Waals surface area (Å²) in [6.45, 7) is 1.99. The minimum absolute atomic E-state index is 0.671. The lowest BCUT2D eigenvalue weighted by Gasteiger charge is -1.97. The molecule has 0 saturated heterocycles. The van der Waals surface area contributed by atoms with Crippen molar-refractivity contribution in [2.24, 2.45) is 10.9 Å². The van der Waals surface area contributed by atoms with E-state index in [9.17, 15) is 0 Å². The highest BCUT2D eigenvalue weighted by molar-refractivity contribution is 6.33. The van der Waals surface area contributed by atoms with Crippen molar-refractivity contribution in [2.75, 3.05) is 0 Å². The van der Waals surface area contributed by atoms with Gasteiger partial charge in [0, 0.05) is 10.6 Å². The Kier molecular flexibility index (Phi) is 2.49. The monoisotopic (exact) mass is 168 g/mol. The Balaban J connectivity index is 3.12. The van der Waals surface area contributed by atoms with Crippen LogP contribution in [-0.2, 0) is 0 Å². The molecule has 0 radical (unpaired) electrons. The van der Waals surface area contributed by atoms with Gasteiger partial charge >= 0.3 is 0 Å². The fourth-order valence-electron chi connectivity index (χ4n) is 0.842. The van der Waals surface area contributed by atoms with E-state index in [2.05, 4.69) is 5.10 Å². The summed E-state index contributed by atoms with van der Waals surface area (Å²) in [7, 11) is 0. The average molecular weight is 169 g/mol. The van der Waals surface area contributed by atoms with Gasteiger partial charge in [-0.15, -0.1) is 0 Å². The molecule has 0 atom stereocenters. The quantitative estimate of drug-likeness (QED) is 0.389. The number of halogens is 1. The third kappa shape index (κ3) is 1.95. The van der Waals surface area contributed by atoms with E-state index in [-0.39, 0.29) is 0 Å². The summed E-state index contributed by atoms with van der Waals surface area (Å²) >= 11 is 5.83. The van der Waals surface area contributed by atoms with E-state index in [0.29, 0.717) is 5.02 Å². The Morgan fingerprint density at radius 2 is 2.27 bits per heavy atom. The lowest BCUT2D eigenvalue weighted by atomic mass is 10.1. The van der Waals surface area contributed by atoms with E-state index in [1.807, 2.05) is 25.1 Å². The molecule has 0 aromatic heterocycles. The number of rotatable bonds is 1. The van der Waals surface area contributed by atoms with Gasteiger partial charge in [-0.1, -0.05) is 23.2 Å². The lowest BCUT2D eigenvalue weighted by Crippen LogP contribution is -1.88. The molecule has 0 fully saturated rings. The number of hydrazone groups is 1. The summed E-state index contributed by atoms with van der Waals surface area (Å²) in [5.74, 6) is 4.99. The fraction of sp³-hybridized carbons (Fsp3) is 0.125.